The van der Waals surface area contributed by atoms with Crippen molar-refractivity contribution in [1.82, 2.24) is 15.0 Å². The van der Waals surface area contributed by atoms with Gasteiger partial charge in [0.15, 0.2) is 5.82 Å². The molecule has 0 bridgehead atoms. The van der Waals surface area contributed by atoms with Gasteiger partial charge in [0.05, 0.1) is 27.2 Å². The van der Waals surface area contributed by atoms with Crippen molar-refractivity contribution in [3.63, 3.8) is 0 Å². The fourth-order valence-electron chi connectivity index (χ4n) is 6.80. The van der Waals surface area contributed by atoms with Crippen molar-refractivity contribution in [2.45, 2.75) is 0 Å². The highest BCUT2D eigenvalue weighted by atomic mass is 32.1. The molecule has 0 saturated carbocycles. The lowest BCUT2D eigenvalue weighted by molar-refractivity contribution is 0.670. The molecule has 0 radical (unpaired) electrons. The molecule has 3 aromatic heterocycles. The first-order valence-corrected chi connectivity index (χ1v) is 16.8. The van der Waals surface area contributed by atoms with E-state index in [-0.39, 0.29) is 0 Å². The predicted molar refractivity (Wildman–Crippen MR) is 199 cm³/mol. The Morgan fingerprint density at radius 3 is 1.96 bits per heavy atom. The largest absolute Gasteiger partial charge is 0.455 e. The normalized spacial score (nSPS) is 11.8. The van der Waals surface area contributed by atoms with Gasteiger partial charge >= 0.3 is 0 Å². The summed E-state index contributed by atoms with van der Waals surface area (Å²) >= 11 is 1.71. The van der Waals surface area contributed by atoms with Crippen molar-refractivity contribution >= 4 is 65.0 Å². The van der Waals surface area contributed by atoms with Crippen LogP contribution in [0.1, 0.15) is 0 Å². The molecular weight excluding hydrogens is 607 g/mol. The average molecular weight is 632 g/mol. The Morgan fingerprint density at radius 1 is 0.479 bits per heavy atom. The molecule has 7 aromatic carbocycles. The molecule has 0 N–H and O–H groups in total. The van der Waals surface area contributed by atoms with Gasteiger partial charge in [-0.05, 0) is 46.5 Å². The molecular formula is C43H25N3OS. The standard InChI is InChI=1S/C43H25N3OS/c1-3-10-26(11-4-1)35-25-36(27-12-5-2-6-13-27)45-42(44-35)30-20-22-31-29(24-30)19-18-28-21-23-38-40(39(28)31)46-43(48-38)34-16-9-15-33-32-14-7-8-17-37(32)47-41(33)34/h1-25H. The zero-order chi connectivity index (χ0) is 31.6. The van der Waals surface area contributed by atoms with Crippen molar-refractivity contribution in [1.29, 1.82) is 0 Å². The van der Waals surface area contributed by atoms with Gasteiger partial charge in [0, 0.05) is 32.8 Å². The average Bonchev–Trinajstić information content (AvgIpc) is 3.77. The van der Waals surface area contributed by atoms with Crippen molar-refractivity contribution in [2.24, 2.45) is 0 Å². The monoisotopic (exact) mass is 631 g/mol. The highest BCUT2D eigenvalue weighted by Crippen LogP contribution is 2.42. The predicted octanol–water partition coefficient (Wildman–Crippen LogP) is 12.0. The lowest BCUT2D eigenvalue weighted by Crippen LogP contribution is -1.96. The Balaban J connectivity index is 1.14. The lowest BCUT2D eigenvalue weighted by Gasteiger charge is -2.11. The maximum Gasteiger partial charge on any atom is 0.160 e. The van der Waals surface area contributed by atoms with Gasteiger partial charge in [-0.3, -0.25) is 0 Å². The molecule has 10 rings (SSSR count). The molecule has 10 aromatic rings. The zero-order valence-corrected chi connectivity index (χ0v) is 26.4. The number of nitrogens with zero attached hydrogens (tertiary/aromatic N) is 3. The van der Waals surface area contributed by atoms with E-state index in [0.29, 0.717) is 5.82 Å². The number of rotatable bonds is 4. The molecule has 3 heterocycles. The Bertz CT molecular complexity index is 2780. The highest BCUT2D eigenvalue weighted by Gasteiger charge is 2.18. The van der Waals surface area contributed by atoms with E-state index in [1.807, 2.05) is 48.5 Å². The number of benzene rings is 7. The van der Waals surface area contributed by atoms with Crippen LogP contribution in [0.2, 0.25) is 0 Å². The van der Waals surface area contributed by atoms with Gasteiger partial charge in [0.1, 0.15) is 16.2 Å². The summed E-state index contributed by atoms with van der Waals surface area (Å²) in [6, 6.07) is 52.5. The molecule has 0 aliphatic heterocycles. The molecule has 0 aliphatic rings. The van der Waals surface area contributed by atoms with Gasteiger partial charge < -0.3 is 4.42 Å². The summed E-state index contributed by atoms with van der Waals surface area (Å²) in [5.41, 5.74) is 8.68. The molecule has 0 fully saturated rings. The minimum atomic E-state index is 0.699. The van der Waals surface area contributed by atoms with E-state index in [9.17, 15) is 0 Å². The van der Waals surface area contributed by atoms with Gasteiger partial charge in [-0.25, -0.2) is 15.0 Å². The molecule has 0 aliphatic carbocycles. The second kappa shape index (κ2) is 10.7. The van der Waals surface area contributed by atoms with Crippen LogP contribution in [0.5, 0.6) is 0 Å². The first-order valence-electron chi connectivity index (χ1n) is 15.9. The number of aromatic nitrogens is 3. The second-order valence-electron chi connectivity index (χ2n) is 12.0. The zero-order valence-electron chi connectivity index (χ0n) is 25.6. The maximum absolute atomic E-state index is 6.37. The highest BCUT2D eigenvalue weighted by molar-refractivity contribution is 7.21. The summed E-state index contributed by atoms with van der Waals surface area (Å²) in [4.78, 5) is 15.4. The van der Waals surface area contributed by atoms with Crippen LogP contribution >= 0.6 is 11.3 Å². The van der Waals surface area contributed by atoms with Crippen molar-refractivity contribution < 1.29 is 4.42 Å². The quantitative estimate of drug-likeness (QED) is 0.181. The number of hydrogen-bond donors (Lipinski definition) is 0. The molecule has 224 valence electrons. The van der Waals surface area contributed by atoms with Crippen LogP contribution in [0.15, 0.2) is 156 Å². The van der Waals surface area contributed by atoms with E-state index in [0.717, 1.165) is 92.3 Å². The van der Waals surface area contributed by atoms with Crippen LogP contribution in [0.4, 0.5) is 0 Å². The molecule has 4 nitrogen and oxygen atoms in total. The number of hydrogen-bond acceptors (Lipinski definition) is 5. The molecule has 0 unspecified atom stereocenters. The van der Waals surface area contributed by atoms with Crippen LogP contribution in [-0.2, 0) is 0 Å². The number of fused-ring (bicyclic) bond motifs is 8. The van der Waals surface area contributed by atoms with E-state index < -0.39 is 0 Å². The smallest absolute Gasteiger partial charge is 0.160 e. The second-order valence-corrected chi connectivity index (χ2v) is 13.0. The summed E-state index contributed by atoms with van der Waals surface area (Å²) in [5, 5.41) is 7.78. The van der Waals surface area contributed by atoms with Crippen LogP contribution in [-0.4, -0.2) is 15.0 Å². The Labute approximate surface area is 279 Å². The first kappa shape index (κ1) is 27.0. The van der Waals surface area contributed by atoms with E-state index in [4.69, 9.17) is 19.4 Å². The molecule has 0 atom stereocenters. The van der Waals surface area contributed by atoms with E-state index in [2.05, 4.69) is 103 Å². The fourth-order valence-corrected chi connectivity index (χ4v) is 7.80. The fraction of sp³-hybridized carbons (Fsp3) is 0. The van der Waals surface area contributed by atoms with Crippen LogP contribution in [0.25, 0.3) is 98.2 Å². The van der Waals surface area contributed by atoms with Crippen molar-refractivity contribution in [3.05, 3.63) is 152 Å². The van der Waals surface area contributed by atoms with Gasteiger partial charge in [-0.1, -0.05) is 121 Å². The SMILES string of the molecule is c1ccc(-c2cc(-c3ccccc3)nc(-c3ccc4c(ccc5ccc6sc(-c7cccc8c7oc7ccccc78)nc6c54)c3)n2)cc1. The Hall–Kier alpha value is -6.17. The van der Waals surface area contributed by atoms with Gasteiger partial charge in [0.25, 0.3) is 0 Å². The van der Waals surface area contributed by atoms with Crippen LogP contribution in [0, 0.1) is 0 Å². The third kappa shape index (κ3) is 4.33. The topological polar surface area (TPSA) is 51.8 Å². The Kier molecular flexibility index (Phi) is 6.01. The molecule has 0 amide bonds. The number of furan rings is 1. The minimum absolute atomic E-state index is 0.699. The number of para-hydroxylation sites is 2. The molecule has 48 heavy (non-hydrogen) atoms. The van der Waals surface area contributed by atoms with Gasteiger partial charge in [-0.2, -0.15) is 0 Å². The van der Waals surface area contributed by atoms with Crippen molar-refractivity contribution in [3.8, 4) is 44.5 Å². The summed E-state index contributed by atoms with van der Waals surface area (Å²) in [6.45, 7) is 0. The van der Waals surface area contributed by atoms with Gasteiger partial charge in [-0.15, -0.1) is 11.3 Å². The molecule has 5 heteroatoms. The molecule has 0 spiro atoms. The Morgan fingerprint density at radius 2 is 1.17 bits per heavy atom. The first-order chi connectivity index (χ1) is 23.8. The number of thiazole rings is 1. The summed E-state index contributed by atoms with van der Waals surface area (Å²) < 4.78 is 7.52. The minimum Gasteiger partial charge on any atom is -0.455 e. The van der Waals surface area contributed by atoms with Gasteiger partial charge in [0.2, 0.25) is 0 Å². The maximum atomic E-state index is 6.37. The van der Waals surface area contributed by atoms with E-state index >= 15 is 0 Å². The lowest BCUT2D eigenvalue weighted by atomic mass is 9.99. The van der Waals surface area contributed by atoms with Crippen LogP contribution in [0.3, 0.4) is 0 Å². The summed E-state index contributed by atoms with van der Waals surface area (Å²) in [7, 11) is 0. The van der Waals surface area contributed by atoms with Crippen molar-refractivity contribution in [2.75, 3.05) is 0 Å². The third-order valence-electron chi connectivity index (χ3n) is 9.11. The summed E-state index contributed by atoms with van der Waals surface area (Å²) in [5.74, 6) is 0.699. The van der Waals surface area contributed by atoms with E-state index in [1.165, 1.54) is 0 Å². The van der Waals surface area contributed by atoms with E-state index in [1.54, 1.807) is 11.3 Å². The third-order valence-corrected chi connectivity index (χ3v) is 10.2. The molecule has 0 saturated heterocycles. The van der Waals surface area contributed by atoms with Crippen LogP contribution < -0.4 is 0 Å². The summed E-state index contributed by atoms with van der Waals surface area (Å²) in [6.07, 6.45) is 0.